The van der Waals surface area contributed by atoms with E-state index in [0.29, 0.717) is 28.6 Å². The summed E-state index contributed by atoms with van der Waals surface area (Å²) in [5.41, 5.74) is 0.857. The van der Waals surface area contributed by atoms with Crippen molar-refractivity contribution in [3.63, 3.8) is 0 Å². The highest BCUT2D eigenvalue weighted by atomic mass is 32.2. The van der Waals surface area contributed by atoms with E-state index in [1.165, 1.54) is 18.5 Å². The number of nitrogens with one attached hydrogen (secondary N) is 1. The zero-order chi connectivity index (χ0) is 20.3. The zero-order valence-corrected chi connectivity index (χ0v) is 16.7. The molecule has 8 nitrogen and oxygen atoms in total. The molecule has 1 N–H and O–H groups in total. The van der Waals surface area contributed by atoms with Crippen LogP contribution in [0.4, 0.5) is 11.4 Å². The van der Waals surface area contributed by atoms with Gasteiger partial charge in [0.05, 0.1) is 37.9 Å². The predicted octanol–water partition coefficient (Wildman–Crippen LogP) is 2.26. The van der Waals surface area contributed by atoms with Crippen LogP contribution in [0.3, 0.4) is 0 Å². The van der Waals surface area contributed by atoms with Gasteiger partial charge in [-0.25, -0.2) is 8.42 Å². The third-order valence-electron chi connectivity index (χ3n) is 4.39. The van der Waals surface area contributed by atoms with Gasteiger partial charge in [0.2, 0.25) is 10.0 Å². The first kappa shape index (κ1) is 19.8. The van der Waals surface area contributed by atoms with E-state index in [-0.39, 0.29) is 12.3 Å². The Morgan fingerprint density at radius 1 is 1.21 bits per heavy atom. The van der Waals surface area contributed by atoms with Gasteiger partial charge in [-0.05, 0) is 31.2 Å². The molecule has 2 aromatic rings. The summed E-state index contributed by atoms with van der Waals surface area (Å²) in [6, 6.07) is 11.7. The molecule has 0 bridgehead atoms. The highest BCUT2D eigenvalue weighted by Gasteiger charge is 2.36. The number of methoxy groups -OCH3 is 2. The number of nitrogens with zero attached hydrogens (tertiary/aromatic N) is 1. The van der Waals surface area contributed by atoms with Crippen LogP contribution in [0.2, 0.25) is 0 Å². The minimum absolute atomic E-state index is 0.0814. The van der Waals surface area contributed by atoms with Crippen LogP contribution in [0.1, 0.15) is 6.92 Å². The number of anilines is 2. The first-order valence-electron chi connectivity index (χ1n) is 8.68. The van der Waals surface area contributed by atoms with Gasteiger partial charge in [0, 0.05) is 6.07 Å². The maximum Gasteiger partial charge on any atom is 0.267 e. The number of benzene rings is 2. The molecule has 1 atom stereocenters. The molecule has 0 aromatic heterocycles. The Morgan fingerprint density at radius 3 is 2.64 bits per heavy atom. The molecule has 0 fully saturated rings. The molecule has 1 aliphatic heterocycles. The van der Waals surface area contributed by atoms with Crippen LogP contribution in [0.25, 0.3) is 0 Å². The van der Waals surface area contributed by atoms with Gasteiger partial charge < -0.3 is 19.5 Å². The lowest BCUT2D eigenvalue weighted by molar-refractivity contribution is -0.122. The van der Waals surface area contributed by atoms with Gasteiger partial charge in [0.1, 0.15) is 17.2 Å². The fourth-order valence-electron chi connectivity index (χ4n) is 2.87. The number of hydrogen-bond donors (Lipinski definition) is 1. The van der Waals surface area contributed by atoms with Crippen LogP contribution in [0.15, 0.2) is 42.5 Å². The molecule has 150 valence electrons. The Labute approximate surface area is 164 Å². The molecule has 1 aliphatic rings. The number of carbonyl (C=O) groups excluding carboxylic acids is 1. The molecule has 0 radical (unpaired) electrons. The molecule has 2 aromatic carbocycles. The highest BCUT2D eigenvalue weighted by Crippen LogP contribution is 2.36. The Bertz CT molecular complexity index is 976. The van der Waals surface area contributed by atoms with Crippen molar-refractivity contribution in [1.29, 1.82) is 0 Å². The first-order valence-corrected chi connectivity index (χ1v) is 10.3. The van der Waals surface area contributed by atoms with E-state index in [0.717, 1.165) is 0 Å². The second-order valence-corrected chi connectivity index (χ2v) is 8.24. The Balaban J connectivity index is 1.87. The average molecular weight is 406 g/mol. The molecular weight excluding hydrogens is 384 g/mol. The van der Waals surface area contributed by atoms with Crippen molar-refractivity contribution in [2.24, 2.45) is 0 Å². The molecule has 3 rings (SSSR count). The fourth-order valence-corrected chi connectivity index (χ4v) is 4.00. The Kier molecular flexibility index (Phi) is 5.64. The highest BCUT2D eigenvalue weighted by molar-refractivity contribution is 7.92. The summed E-state index contributed by atoms with van der Waals surface area (Å²) in [6.07, 6.45) is -1.01. The van der Waals surface area contributed by atoms with E-state index in [9.17, 15) is 13.2 Å². The monoisotopic (exact) mass is 406 g/mol. The minimum Gasteiger partial charge on any atom is -0.497 e. The van der Waals surface area contributed by atoms with Crippen molar-refractivity contribution in [1.82, 2.24) is 0 Å². The van der Waals surface area contributed by atoms with Gasteiger partial charge in [0.25, 0.3) is 5.91 Å². The van der Waals surface area contributed by atoms with E-state index in [4.69, 9.17) is 14.2 Å². The number of carbonyl (C=O) groups is 1. The van der Waals surface area contributed by atoms with Gasteiger partial charge in [0.15, 0.2) is 6.10 Å². The number of sulfonamides is 1. The Morgan fingerprint density at radius 2 is 1.96 bits per heavy atom. The molecule has 0 aliphatic carbocycles. The summed E-state index contributed by atoms with van der Waals surface area (Å²) in [4.78, 5) is 12.8. The van der Waals surface area contributed by atoms with Crippen LogP contribution >= 0.6 is 0 Å². The van der Waals surface area contributed by atoms with E-state index in [2.05, 4.69) is 5.32 Å². The van der Waals surface area contributed by atoms with Gasteiger partial charge in [-0.1, -0.05) is 12.1 Å². The smallest absolute Gasteiger partial charge is 0.267 e. The van der Waals surface area contributed by atoms with Gasteiger partial charge in [-0.3, -0.25) is 9.10 Å². The van der Waals surface area contributed by atoms with Crippen molar-refractivity contribution >= 4 is 27.3 Å². The van der Waals surface area contributed by atoms with Gasteiger partial charge in [-0.15, -0.1) is 0 Å². The van der Waals surface area contributed by atoms with Crippen molar-refractivity contribution in [3.05, 3.63) is 42.5 Å². The predicted molar refractivity (Wildman–Crippen MR) is 106 cm³/mol. The summed E-state index contributed by atoms with van der Waals surface area (Å²) in [5, 5.41) is 2.74. The number of fused-ring (bicyclic) bond motifs is 1. The molecule has 0 spiro atoms. The quantitative estimate of drug-likeness (QED) is 0.791. The lowest BCUT2D eigenvalue weighted by Gasteiger charge is -2.34. The van der Waals surface area contributed by atoms with Crippen molar-refractivity contribution in [2.45, 2.75) is 13.0 Å². The van der Waals surface area contributed by atoms with Gasteiger partial charge >= 0.3 is 0 Å². The van der Waals surface area contributed by atoms with Crippen molar-refractivity contribution in [2.75, 3.05) is 36.1 Å². The van der Waals surface area contributed by atoms with Crippen LogP contribution in [-0.4, -0.2) is 46.9 Å². The minimum atomic E-state index is -3.56. The maximum absolute atomic E-state index is 12.8. The van der Waals surface area contributed by atoms with Crippen molar-refractivity contribution in [3.8, 4) is 17.2 Å². The van der Waals surface area contributed by atoms with Gasteiger partial charge in [-0.2, -0.15) is 0 Å². The fraction of sp³-hybridized carbons (Fsp3) is 0.316. The lowest BCUT2D eigenvalue weighted by atomic mass is 10.2. The molecule has 28 heavy (non-hydrogen) atoms. The number of hydrogen-bond acceptors (Lipinski definition) is 6. The van der Waals surface area contributed by atoms with Crippen LogP contribution in [0.5, 0.6) is 17.2 Å². The lowest BCUT2D eigenvalue weighted by Crippen LogP contribution is -2.49. The third kappa shape index (κ3) is 3.84. The maximum atomic E-state index is 12.8. The van der Waals surface area contributed by atoms with E-state index in [1.54, 1.807) is 49.4 Å². The summed E-state index contributed by atoms with van der Waals surface area (Å²) in [5.74, 6) is 0.781. The topological polar surface area (TPSA) is 94.2 Å². The molecule has 0 saturated heterocycles. The molecule has 9 heteroatoms. The standard InChI is InChI=1S/C19H22N2O6S/c1-4-28(23,24)21-12-18(27-16-8-6-5-7-15(16)21)19(22)20-14-10-9-13(25-2)11-17(14)26-3/h5-11,18H,4,12H2,1-3H3,(H,20,22)/t18-/m1/s1. The van der Waals surface area contributed by atoms with Crippen LogP contribution < -0.4 is 23.8 Å². The first-order chi connectivity index (χ1) is 13.4. The average Bonchev–Trinajstić information content (AvgIpc) is 2.73. The summed E-state index contributed by atoms with van der Waals surface area (Å²) >= 11 is 0. The summed E-state index contributed by atoms with van der Waals surface area (Å²) in [7, 11) is -0.553. The van der Waals surface area contributed by atoms with E-state index >= 15 is 0 Å². The molecule has 0 unspecified atom stereocenters. The van der Waals surface area contributed by atoms with Crippen LogP contribution in [-0.2, 0) is 14.8 Å². The second-order valence-electron chi connectivity index (χ2n) is 6.06. The van der Waals surface area contributed by atoms with E-state index < -0.39 is 22.0 Å². The summed E-state index contributed by atoms with van der Waals surface area (Å²) in [6.45, 7) is 1.45. The second kappa shape index (κ2) is 7.97. The van der Waals surface area contributed by atoms with Crippen molar-refractivity contribution < 1.29 is 27.4 Å². The largest absolute Gasteiger partial charge is 0.497 e. The zero-order valence-electron chi connectivity index (χ0n) is 15.8. The molecule has 1 heterocycles. The Hall–Kier alpha value is -2.94. The number of amides is 1. The third-order valence-corrected chi connectivity index (χ3v) is 6.14. The normalized spacial score (nSPS) is 16.0. The SMILES string of the molecule is CCS(=O)(=O)N1C[C@H](C(=O)Nc2ccc(OC)cc2OC)Oc2ccccc21. The molecule has 1 amide bonds. The number of rotatable bonds is 6. The molecule has 0 saturated carbocycles. The summed E-state index contributed by atoms with van der Waals surface area (Å²) < 4.78 is 42.5. The van der Waals surface area contributed by atoms with E-state index in [1.807, 2.05) is 0 Å². The number of ether oxygens (including phenoxy) is 3. The van der Waals surface area contributed by atoms with Crippen LogP contribution in [0, 0.1) is 0 Å². The number of para-hydroxylation sites is 2. The molecular formula is C19H22N2O6S.